The van der Waals surface area contributed by atoms with E-state index in [4.69, 9.17) is 9.47 Å². The van der Waals surface area contributed by atoms with Gasteiger partial charge in [-0.1, -0.05) is 0 Å². The third-order valence-corrected chi connectivity index (χ3v) is 4.81. The lowest BCUT2D eigenvalue weighted by Gasteiger charge is -2.23. The van der Waals surface area contributed by atoms with Crippen LogP contribution in [0.25, 0.3) is 0 Å². The van der Waals surface area contributed by atoms with Crippen LogP contribution in [0.15, 0.2) is 23.1 Å². The zero-order chi connectivity index (χ0) is 15.5. The van der Waals surface area contributed by atoms with Crippen LogP contribution in [0.3, 0.4) is 0 Å². The fraction of sp³-hybridized carbons (Fsp3) is 0.462. The van der Waals surface area contributed by atoms with Crippen molar-refractivity contribution in [1.29, 1.82) is 0 Å². The Bertz CT molecular complexity index is 619. The van der Waals surface area contributed by atoms with Gasteiger partial charge in [0.05, 0.1) is 14.2 Å². The van der Waals surface area contributed by atoms with Crippen LogP contribution >= 0.6 is 0 Å². The third-order valence-electron chi connectivity index (χ3n) is 3.25. The summed E-state index contributed by atoms with van der Waals surface area (Å²) in [5.74, 6) is 0.657. The third kappa shape index (κ3) is 3.64. The van der Waals surface area contributed by atoms with Gasteiger partial charge in [-0.25, -0.2) is 13.1 Å². The fourth-order valence-corrected chi connectivity index (χ4v) is 3.53. The van der Waals surface area contributed by atoms with Crippen molar-refractivity contribution in [2.75, 3.05) is 20.8 Å². The molecule has 0 aliphatic carbocycles. The van der Waals surface area contributed by atoms with Crippen LogP contribution in [0, 0.1) is 0 Å². The van der Waals surface area contributed by atoms with E-state index in [0.29, 0.717) is 18.6 Å². The highest BCUT2D eigenvalue weighted by Crippen LogP contribution is 2.28. The molecule has 116 valence electrons. The first kappa shape index (κ1) is 15.6. The summed E-state index contributed by atoms with van der Waals surface area (Å²) in [6, 6.07) is 4.18. The van der Waals surface area contributed by atoms with Crippen molar-refractivity contribution >= 4 is 15.9 Å². The molecule has 2 N–H and O–H groups in total. The molecule has 1 aromatic carbocycles. The highest BCUT2D eigenvalue weighted by atomic mass is 32.2. The molecule has 0 spiro atoms. The second-order valence-corrected chi connectivity index (χ2v) is 6.36. The van der Waals surface area contributed by atoms with E-state index >= 15 is 0 Å². The van der Waals surface area contributed by atoms with Gasteiger partial charge in [-0.05, 0) is 18.6 Å². The number of hydrogen-bond acceptors (Lipinski definition) is 5. The number of methoxy groups -OCH3 is 2. The van der Waals surface area contributed by atoms with Crippen LogP contribution < -0.4 is 19.5 Å². The molecule has 8 heteroatoms. The molecule has 1 atom stereocenters. The molecule has 0 saturated carbocycles. The smallest absolute Gasteiger partial charge is 0.244 e. The van der Waals surface area contributed by atoms with Crippen molar-refractivity contribution in [3.63, 3.8) is 0 Å². The first-order valence-electron chi connectivity index (χ1n) is 6.47. The zero-order valence-corrected chi connectivity index (χ0v) is 12.7. The Labute approximate surface area is 123 Å². The predicted molar refractivity (Wildman–Crippen MR) is 75.9 cm³/mol. The molecule has 1 heterocycles. The van der Waals surface area contributed by atoms with Gasteiger partial charge in [0.15, 0.2) is 0 Å². The number of hydrogen-bond donors (Lipinski definition) is 2. The molecule has 1 aliphatic heterocycles. The van der Waals surface area contributed by atoms with Crippen LogP contribution in [-0.4, -0.2) is 41.1 Å². The van der Waals surface area contributed by atoms with Gasteiger partial charge in [0.2, 0.25) is 15.9 Å². The number of sulfonamides is 1. The van der Waals surface area contributed by atoms with Gasteiger partial charge in [0.1, 0.15) is 16.4 Å². The Hall–Kier alpha value is -1.80. The van der Waals surface area contributed by atoms with E-state index in [9.17, 15) is 13.2 Å². The molecular weight excluding hydrogens is 296 g/mol. The van der Waals surface area contributed by atoms with Gasteiger partial charge in [-0.3, -0.25) is 4.79 Å². The number of ether oxygens (including phenoxy) is 2. The highest BCUT2D eigenvalue weighted by Gasteiger charge is 2.26. The van der Waals surface area contributed by atoms with E-state index in [1.165, 1.54) is 26.4 Å². The number of carbonyl (C=O) groups is 1. The standard InChI is InChI=1S/C13H18N2O5S/c1-19-10-4-5-12(11(7-10)20-2)21(17,18)15-9-3-6-13(16)14-8-9/h4-5,7,9,15H,3,6,8H2,1-2H3,(H,14,16). The van der Waals surface area contributed by atoms with Crippen molar-refractivity contribution < 1.29 is 22.7 Å². The van der Waals surface area contributed by atoms with E-state index in [1.54, 1.807) is 6.07 Å². The summed E-state index contributed by atoms with van der Waals surface area (Å²) in [6.45, 7) is 0.288. The first-order valence-corrected chi connectivity index (χ1v) is 7.95. The Balaban J connectivity index is 2.21. The van der Waals surface area contributed by atoms with Gasteiger partial charge in [-0.15, -0.1) is 0 Å². The van der Waals surface area contributed by atoms with E-state index in [2.05, 4.69) is 10.0 Å². The lowest BCUT2D eigenvalue weighted by molar-refractivity contribution is -0.122. The molecule has 1 aromatic rings. The molecule has 1 unspecified atom stereocenters. The van der Waals surface area contributed by atoms with Gasteiger partial charge in [0.25, 0.3) is 0 Å². The molecule has 1 amide bonds. The van der Waals surface area contributed by atoms with E-state index in [-0.39, 0.29) is 29.1 Å². The highest BCUT2D eigenvalue weighted by molar-refractivity contribution is 7.89. The quantitative estimate of drug-likeness (QED) is 0.813. The average Bonchev–Trinajstić information content (AvgIpc) is 2.48. The molecule has 1 fully saturated rings. The normalized spacial score (nSPS) is 19.0. The Morgan fingerprint density at radius 2 is 2.05 bits per heavy atom. The van der Waals surface area contributed by atoms with E-state index in [0.717, 1.165) is 0 Å². The van der Waals surface area contributed by atoms with E-state index < -0.39 is 10.0 Å². The second kappa shape index (κ2) is 6.31. The molecule has 0 aromatic heterocycles. The number of amides is 1. The van der Waals surface area contributed by atoms with Crippen LogP contribution in [0.4, 0.5) is 0 Å². The number of nitrogens with one attached hydrogen (secondary N) is 2. The maximum Gasteiger partial charge on any atom is 0.244 e. The second-order valence-electron chi connectivity index (χ2n) is 4.68. The molecule has 0 bridgehead atoms. The average molecular weight is 314 g/mol. The first-order chi connectivity index (χ1) is 9.96. The number of rotatable bonds is 5. The molecule has 0 radical (unpaired) electrons. The van der Waals surface area contributed by atoms with Crippen LogP contribution in [0.2, 0.25) is 0 Å². The molecule has 7 nitrogen and oxygen atoms in total. The van der Waals surface area contributed by atoms with Gasteiger partial charge < -0.3 is 14.8 Å². The molecule has 21 heavy (non-hydrogen) atoms. The summed E-state index contributed by atoms with van der Waals surface area (Å²) in [7, 11) is -0.838. The Morgan fingerprint density at radius 1 is 1.29 bits per heavy atom. The van der Waals surface area contributed by atoms with Gasteiger partial charge in [0, 0.05) is 25.1 Å². The van der Waals surface area contributed by atoms with Crippen molar-refractivity contribution in [2.45, 2.75) is 23.8 Å². The minimum absolute atomic E-state index is 0.0442. The van der Waals surface area contributed by atoms with Crippen LogP contribution in [0.5, 0.6) is 11.5 Å². The number of benzene rings is 1. The molecular formula is C13H18N2O5S. The fourth-order valence-electron chi connectivity index (χ4n) is 2.11. The van der Waals surface area contributed by atoms with Crippen molar-refractivity contribution in [1.82, 2.24) is 10.0 Å². The predicted octanol–water partition coefficient (Wildman–Crippen LogP) is 0.261. The van der Waals surface area contributed by atoms with Gasteiger partial charge in [-0.2, -0.15) is 0 Å². The summed E-state index contributed by atoms with van der Waals surface area (Å²) in [4.78, 5) is 11.1. The SMILES string of the molecule is COc1ccc(S(=O)(=O)NC2CCC(=O)NC2)c(OC)c1. The van der Waals surface area contributed by atoms with Gasteiger partial charge >= 0.3 is 0 Å². The minimum atomic E-state index is -3.73. The largest absolute Gasteiger partial charge is 0.497 e. The Kier molecular flexibility index (Phi) is 4.69. The summed E-state index contributed by atoms with van der Waals surface area (Å²) >= 11 is 0. The zero-order valence-electron chi connectivity index (χ0n) is 11.9. The minimum Gasteiger partial charge on any atom is -0.497 e. The summed E-state index contributed by atoms with van der Waals surface area (Å²) < 4.78 is 37.6. The van der Waals surface area contributed by atoms with Crippen molar-refractivity contribution in [3.05, 3.63) is 18.2 Å². The summed E-state index contributed by atoms with van der Waals surface area (Å²) in [5.41, 5.74) is 0. The van der Waals surface area contributed by atoms with Crippen LogP contribution in [-0.2, 0) is 14.8 Å². The lowest BCUT2D eigenvalue weighted by Crippen LogP contribution is -2.47. The lowest BCUT2D eigenvalue weighted by atomic mass is 10.1. The van der Waals surface area contributed by atoms with Crippen LogP contribution in [0.1, 0.15) is 12.8 Å². The molecule has 2 rings (SSSR count). The van der Waals surface area contributed by atoms with Crippen molar-refractivity contribution in [3.8, 4) is 11.5 Å². The molecule has 1 saturated heterocycles. The van der Waals surface area contributed by atoms with Crippen molar-refractivity contribution in [2.24, 2.45) is 0 Å². The maximum atomic E-state index is 12.4. The maximum absolute atomic E-state index is 12.4. The molecule has 1 aliphatic rings. The topological polar surface area (TPSA) is 93.7 Å². The Morgan fingerprint density at radius 3 is 2.62 bits per heavy atom. The summed E-state index contributed by atoms with van der Waals surface area (Å²) in [6.07, 6.45) is 0.788. The van der Waals surface area contributed by atoms with E-state index in [1.807, 2.05) is 0 Å². The summed E-state index contributed by atoms with van der Waals surface area (Å²) in [5, 5.41) is 2.64. The number of carbonyl (C=O) groups excluding carboxylic acids is 1. The monoisotopic (exact) mass is 314 g/mol. The number of piperidine rings is 1.